The standard InChI is InChI=1S/C23H24N4OS/c1-3-16-15-29-23-25-21(19-7-4-5-13-24-19)22(27(16)23)20-8-6-14-26(20)17-9-11-18(28-2)12-10-17/h4-14,16,21-22H,3,15H2,1-2H3/t16-,21-,22+/m0/s1. The lowest BCUT2D eigenvalue weighted by atomic mass is 9.99. The molecule has 0 amide bonds. The van der Waals surface area contributed by atoms with Crippen LogP contribution in [0.15, 0.2) is 72.0 Å². The van der Waals surface area contributed by atoms with Crippen LogP contribution < -0.4 is 4.74 Å². The molecule has 3 atom stereocenters. The molecular formula is C23H24N4OS. The van der Waals surface area contributed by atoms with Crippen molar-refractivity contribution in [3.63, 3.8) is 0 Å². The number of fused-ring (bicyclic) bond motifs is 1. The highest BCUT2D eigenvalue weighted by Gasteiger charge is 2.46. The summed E-state index contributed by atoms with van der Waals surface area (Å²) in [6.07, 6.45) is 5.11. The average Bonchev–Trinajstić information content (AvgIpc) is 3.49. The Hall–Kier alpha value is -2.73. The molecular weight excluding hydrogens is 380 g/mol. The summed E-state index contributed by atoms with van der Waals surface area (Å²) in [5, 5.41) is 1.15. The maximum absolute atomic E-state index is 5.33. The fraction of sp³-hybridized carbons (Fsp3) is 0.304. The van der Waals surface area contributed by atoms with E-state index in [0.717, 1.165) is 34.5 Å². The van der Waals surface area contributed by atoms with Gasteiger partial charge in [0.2, 0.25) is 0 Å². The Morgan fingerprint density at radius 1 is 1.10 bits per heavy atom. The van der Waals surface area contributed by atoms with E-state index in [1.54, 1.807) is 7.11 Å². The molecule has 2 aromatic heterocycles. The van der Waals surface area contributed by atoms with Crippen LogP contribution in [-0.2, 0) is 0 Å². The van der Waals surface area contributed by atoms with Crippen LogP contribution >= 0.6 is 11.8 Å². The van der Waals surface area contributed by atoms with Crippen molar-refractivity contribution >= 4 is 16.9 Å². The number of ether oxygens (including phenoxy) is 1. The molecule has 5 nitrogen and oxygen atoms in total. The molecule has 0 bridgehead atoms. The van der Waals surface area contributed by atoms with Gasteiger partial charge in [0.15, 0.2) is 5.17 Å². The molecule has 6 heteroatoms. The van der Waals surface area contributed by atoms with E-state index in [-0.39, 0.29) is 12.1 Å². The second-order valence-corrected chi connectivity index (χ2v) is 8.32. The molecule has 148 valence electrons. The van der Waals surface area contributed by atoms with Gasteiger partial charge in [0.1, 0.15) is 17.8 Å². The van der Waals surface area contributed by atoms with Crippen molar-refractivity contribution < 1.29 is 4.74 Å². The van der Waals surface area contributed by atoms with Gasteiger partial charge >= 0.3 is 0 Å². The molecule has 1 aromatic carbocycles. The van der Waals surface area contributed by atoms with Crippen LogP contribution in [0.3, 0.4) is 0 Å². The zero-order chi connectivity index (χ0) is 19.8. The fourth-order valence-corrected chi connectivity index (χ4v) is 5.62. The van der Waals surface area contributed by atoms with Gasteiger partial charge in [-0.05, 0) is 55.0 Å². The molecule has 0 radical (unpaired) electrons. The first-order valence-corrected chi connectivity index (χ1v) is 11.0. The van der Waals surface area contributed by atoms with Crippen LogP contribution in [0.1, 0.15) is 36.8 Å². The number of methoxy groups -OCH3 is 1. The van der Waals surface area contributed by atoms with Crippen molar-refractivity contribution in [2.45, 2.75) is 31.5 Å². The minimum Gasteiger partial charge on any atom is -0.497 e. The summed E-state index contributed by atoms with van der Waals surface area (Å²) in [4.78, 5) is 12.3. The largest absolute Gasteiger partial charge is 0.497 e. The lowest BCUT2D eigenvalue weighted by molar-refractivity contribution is 0.249. The Balaban J connectivity index is 1.60. The first-order valence-electron chi connectivity index (χ1n) is 10.0. The zero-order valence-corrected chi connectivity index (χ0v) is 17.4. The fourth-order valence-electron chi connectivity index (χ4n) is 4.28. The number of rotatable bonds is 5. The minimum atomic E-state index is -0.0000478. The van der Waals surface area contributed by atoms with Gasteiger partial charge in [-0.15, -0.1) is 0 Å². The molecule has 0 spiro atoms. The van der Waals surface area contributed by atoms with Gasteiger partial charge in [0.05, 0.1) is 12.8 Å². The van der Waals surface area contributed by atoms with Crippen molar-refractivity contribution in [1.29, 1.82) is 0 Å². The van der Waals surface area contributed by atoms with Crippen LogP contribution in [0.25, 0.3) is 5.69 Å². The van der Waals surface area contributed by atoms with Crippen LogP contribution in [0.4, 0.5) is 0 Å². The molecule has 0 N–H and O–H groups in total. The van der Waals surface area contributed by atoms with Gasteiger partial charge in [-0.25, -0.2) is 0 Å². The van der Waals surface area contributed by atoms with E-state index < -0.39 is 0 Å². The van der Waals surface area contributed by atoms with Crippen LogP contribution in [0.5, 0.6) is 5.75 Å². The van der Waals surface area contributed by atoms with Crippen molar-refractivity contribution in [2.75, 3.05) is 12.9 Å². The maximum Gasteiger partial charge on any atom is 0.160 e. The summed E-state index contributed by atoms with van der Waals surface area (Å²) < 4.78 is 7.60. The number of benzene rings is 1. The van der Waals surface area contributed by atoms with E-state index in [1.807, 2.05) is 36.2 Å². The summed E-state index contributed by atoms with van der Waals surface area (Å²) in [7, 11) is 1.70. The highest BCUT2D eigenvalue weighted by atomic mass is 32.2. The Morgan fingerprint density at radius 3 is 2.69 bits per heavy atom. The van der Waals surface area contributed by atoms with E-state index in [4.69, 9.17) is 9.73 Å². The molecule has 2 aliphatic heterocycles. The topological polar surface area (TPSA) is 42.6 Å². The summed E-state index contributed by atoms with van der Waals surface area (Å²) in [5.41, 5.74) is 3.39. The summed E-state index contributed by atoms with van der Waals surface area (Å²) in [6, 6.07) is 19.3. The molecule has 3 aromatic rings. The van der Waals surface area contributed by atoms with Gasteiger partial charge < -0.3 is 14.2 Å². The highest BCUT2D eigenvalue weighted by Crippen LogP contribution is 2.48. The van der Waals surface area contributed by atoms with Gasteiger partial charge in [-0.2, -0.15) is 0 Å². The Labute approximate surface area is 175 Å². The molecule has 0 saturated carbocycles. The summed E-state index contributed by atoms with van der Waals surface area (Å²) >= 11 is 1.87. The van der Waals surface area contributed by atoms with E-state index in [0.29, 0.717) is 6.04 Å². The maximum atomic E-state index is 5.33. The number of nitrogens with zero attached hydrogens (tertiary/aromatic N) is 4. The molecule has 5 rings (SSSR count). The van der Waals surface area contributed by atoms with Crippen molar-refractivity contribution in [3.8, 4) is 11.4 Å². The Morgan fingerprint density at radius 2 is 1.97 bits per heavy atom. The third-order valence-corrected chi connectivity index (χ3v) is 6.89. The molecule has 0 unspecified atom stereocenters. The number of pyridine rings is 1. The smallest absolute Gasteiger partial charge is 0.160 e. The van der Waals surface area contributed by atoms with Gasteiger partial charge in [0.25, 0.3) is 0 Å². The van der Waals surface area contributed by atoms with E-state index >= 15 is 0 Å². The second-order valence-electron chi connectivity index (χ2n) is 7.34. The van der Waals surface area contributed by atoms with Gasteiger partial charge in [0, 0.05) is 35.6 Å². The lowest BCUT2D eigenvalue weighted by Gasteiger charge is -2.32. The third-order valence-electron chi connectivity index (χ3n) is 5.76. The Kier molecular flexibility index (Phi) is 4.79. The van der Waals surface area contributed by atoms with Crippen molar-refractivity contribution in [2.24, 2.45) is 4.99 Å². The lowest BCUT2D eigenvalue weighted by Crippen LogP contribution is -2.36. The quantitative estimate of drug-likeness (QED) is 0.609. The van der Waals surface area contributed by atoms with Gasteiger partial charge in [-0.1, -0.05) is 24.8 Å². The third kappa shape index (κ3) is 3.12. The molecule has 4 heterocycles. The number of amidine groups is 1. The van der Waals surface area contributed by atoms with Crippen molar-refractivity contribution in [1.82, 2.24) is 14.5 Å². The van der Waals surface area contributed by atoms with Crippen molar-refractivity contribution in [3.05, 3.63) is 78.4 Å². The zero-order valence-electron chi connectivity index (χ0n) is 16.6. The number of hydrogen-bond acceptors (Lipinski definition) is 5. The SMILES string of the molecule is CC[C@H]1CSC2=N[C@@H](c3ccccn3)[C@@H](c3cccn3-c3ccc(OC)cc3)N21. The van der Waals surface area contributed by atoms with E-state index in [2.05, 4.69) is 64.0 Å². The van der Waals surface area contributed by atoms with Crippen LogP contribution in [0, 0.1) is 0 Å². The summed E-state index contributed by atoms with van der Waals surface area (Å²) in [5.74, 6) is 1.96. The Bertz CT molecular complexity index is 1010. The second kappa shape index (κ2) is 7.59. The normalized spacial score (nSPS) is 23.2. The molecule has 0 aliphatic carbocycles. The molecule has 29 heavy (non-hydrogen) atoms. The number of aliphatic imine (C=N–C) groups is 1. The van der Waals surface area contributed by atoms with Gasteiger partial charge in [-0.3, -0.25) is 9.98 Å². The molecule has 2 aliphatic rings. The number of aromatic nitrogens is 2. The predicted molar refractivity (Wildman–Crippen MR) is 118 cm³/mol. The average molecular weight is 405 g/mol. The molecule has 1 saturated heterocycles. The summed E-state index contributed by atoms with van der Waals surface area (Å²) in [6.45, 7) is 2.27. The number of hydrogen-bond donors (Lipinski definition) is 0. The molecule has 1 fully saturated rings. The van der Waals surface area contributed by atoms with Crippen LogP contribution in [0.2, 0.25) is 0 Å². The number of thioether (sulfide) groups is 1. The minimum absolute atomic E-state index is 0.0000478. The monoisotopic (exact) mass is 404 g/mol. The highest BCUT2D eigenvalue weighted by molar-refractivity contribution is 8.14. The van der Waals surface area contributed by atoms with E-state index in [9.17, 15) is 0 Å². The van der Waals surface area contributed by atoms with E-state index in [1.165, 1.54) is 5.69 Å². The first kappa shape index (κ1) is 18.3. The van der Waals surface area contributed by atoms with Crippen LogP contribution in [-0.4, -0.2) is 38.5 Å². The predicted octanol–water partition coefficient (Wildman–Crippen LogP) is 4.86. The first-order chi connectivity index (χ1) is 14.3.